The molecule has 5 aromatic rings. The number of carbonyl (C=O) groups is 1. The summed E-state index contributed by atoms with van der Waals surface area (Å²) in [5.74, 6) is 2.03. The first-order valence-corrected chi connectivity index (χ1v) is 15.9. The minimum Gasteiger partial charge on any atom is -0.493 e. The van der Waals surface area contributed by atoms with E-state index in [1.807, 2.05) is 97.1 Å². The third kappa shape index (κ3) is 8.91. The van der Waals surface area contributed by atoms with Crippen molar-refractivity contribution in [3.05, 3.63) is 155 Å². The van der Waals surface area contributed by atoms with Crippen LogP contribution in [0.4, 0.5) is 0 Å². The highest BCUT2D eigenvalue weighted by Crippen LogP contribution is 2.36. The van der Waals surface area contributed by atoms with Crippen molar-refractivity contribution in [1.82, 2.24) is 0 Å². The second-order valence-corrected chi connectivity index (χ2v) is 11.1. The summed E-state index contributed by atoms with van der Waals surface area (Å²) >= 11 is 0. The van der Waals surface area contributed by atoms with E-state index in [0.717, 1.165) is 34.2 Å². The Balaban J connectivity index is 1.31. The summed E-state index contributed by atoms with van der Waals surface area (Å²) < 4.78 is 23.0. The van der Waals surface area contributed by atoms with E-state index in [9.17, 15) is 9.90 Å². The van der Waals surface area contributed by atoms with Crippen LogP contribution in [0.1, 0.15) is 46.0 Å². The molecule has 0 aliphatic carbocycles. The van der Waals surface area contributed by atoms with Gasteiger partial charge in [0.1, 0.15) is 30.8 Å². The maximum Gasteiger partial charge on any atom is 0.200 e. The quantitative estimate of drug-likeness (QED) is 0.0842. The lowest BCUT2D eigenvalue weighted by Crippen LogP contribution is -2.21. The summed E-state index contributed by atoms with van der Waals surface area (Å²) in [4.78, 5) is 13.1. The number of Topliss-reactive ketones (excluding diaryl/α,β-unsaturated/α-hetero) is 1. The molecular weight excluding hydrogens is 604 g/mol. The van der Waals surface area contributed by atoms with Crippen molar-refractivity contribution >= 4 is 16.9 Å². The predicted molar refractivity (Wildman–Crippen MR) is 188 cm³/mol. The summed E-state index contributed by atoms with van der Waals surface area (Å²) in [6, 6.07) is 40.7. The summed E-state index contributed by atoms with van der Waals surface area (Å²) in [6.07, 6.45) is -0.138. The smallest absolute Gasteiger partial charge is 0.200 e. The van der Waals surface area contributed by atoms with Crippen LogP contribution in [0.15, 0.2) is 127 Å². The molecule has 0 amide bonds. The fraction of sp³-hybridized carbons (Fsp3) is 0.195. The predicted octanol–water partition coefficient (Wildman–Crippen LogP) is 7.64. The van der Waals surface area contributed by atoms with E-state index < -0.39 is 6.10 Å². The number of allylic oxidation sites excluding steroid dienone is 1. The molecular formula is C41H40O7. The van der Waals surface area contributed by atoms with E-state index >= 15 is 0 Å². The minimum atomic E-state index is -0.936. The van der Waals surface area contributed by atoms with Crippen molar-refractivity contribution in [2.24, 2.45) is 0 Å². The molecule has 0 bridgehead atoms. The summed E-state index contributed by atoms with van der Waals surface area (Å²) in [5.41, 5.74) is 6.86. The van der Waals surface area contributed by atoms with E-state index in [-0.39, 0.29) is 25.6 Å². The van der Waals surface area contributed by atoms with Crippen molar-refractivity contribution in [3.8, 4) is 23.0 Å². The Labute approximate surface area is 281 Å². The van der Waals surface area contributed by atoms with E-state index in [0.29, 0.717) is 35.2 Å². The largest absolute Gasteiger partial charge is 0.493 e. The Kier molecular flexibility index (Phi) is 12.0. The van der Waals surface area contributed by atoms with E-state index in [1.54, 1.807) is 25.3 Å². The van der Waals surface area contributed by atoms with Gasteiger partial charge in [0, 0.05) is 5.56 Å². The van der Waals surface area contributed by atoms with Crippen LogP contribution in [-0.2, 0) is 6.61 Å². The second kappa shape index (κ2) is 17.0. The highest BCUT2D eigenvalue weighted by molar-refractivity contribution is 5.99. The lowest BCUT2D eigenvalue weighted by molar-refractivity contribution is 0.0536. The summed E-state index contributed by atoms with van der Waals surface area (Å²) in [5, 5.41) is 18.7. The van der Waals surface area contributed by atoms with Crippen LogP contribution in [0.3, 0.4) is 0 Å². The number of hydrogen-bond acceptors (Lipinski definition) is 7. The molecule has 0 aliphatic heterocycles. The van der Waals surface area contributed by atoms with Crippen LogP contribution in [0.2, 0.25) is 0 Å². The Hall–Kier alpha value is -5.37. The molecule has 0 saturated carbocycles. The Morgan fingerprint density at radius 3 is 1.83 bits per heavy atom. The summed E-state index contributed by atoms with van der Waals surface area (Å²) in [6.45, 7) is 2.04. The molecule has 0 aromatic heterocycles. The van der Waals surface area contributed by atoms with Gasteiger partial charge in [-0.25, -0.2) is 0 Å². The number of benzene rings is 5. The first-order chi connectivity index (χ1) is 23.5. The Bertz CT molecular complexity index is 1780. The maximum absolute atomic E-state index is 13.1. The van der Waals surface area contributed by atoms with Gasteiger partial charge in [0.05, 0.1) is 13.7 Å². The van der Waals surface area contributed by atoms with Crippen LogP contribution < -0.4 is 18.9 Å². The van der Waals surface area contributed by atoms with Crippen molar-refractivity contribution < 1.29 is 34.0 Å². The van der Waals surface area contributed by atoms with Gasteiger partial charge in [0.2, 0.25) is 0 Å². The van der Waals surface area contributed by atoms with Crippen molar-refractivity contribution in [2.75, 3.05) is 26.9 Å². The molecule has 7 nitrogen and oxygen atoms in total. The van der Waals surface area contributed by atoms with Gasteiger partial charge in [0.15, 0.2) is 23.9 Å². The summed E-state index contributed by atoms with van der Waals surface area (Å²) in [7, 11) is 1.55. The average molecular weight is 645 g/mol. The van der Waals surface area contributed by atoms with Gasteiger partial charge in [0.25, 0.3) is 0 Å². The molecule has 1 unspecified atom stereocenters. The number of rotatable bonds is 16. The topological polar surface area (TPSA) is 94.5 Å². The van der Waals surface area contributed by atoms with Gasteiger partial charge in [-0.2, -0.15) is 0 Å². The van der Waals surface area contributed by atoms with Crippen LogP contribution in [0.25, 0.3) is 11.1 Å². The molecule has 0 fully saturated rings. The molecule has 48 heavy (non-hydrogen) atoms. The normalized spacial score (nSPS) is 12.1. The number of ketones is 1. The third-order valence-corrected chi connectivity index (χ3v) is 7.81. The van der Waals surface area contributed by atoms with Crippen molar-refractivity contribution in [3.63, 3.8) is 0 Å². The molecule has 0 heterocycles. The van der Waals surface area contributed by atoms with Crippen molar-refractivity contribution in [1.29, 1.82) is 0 Å². The van der Waals surface area contributed by atoms with E-state index in [1.165, 1.54) is 5.57 Å². The zero-order chi connectivity index (χ0) is 33.7. The minimum absolute atomic E-state index is 0.00869. The number of aliphatic hydroxyl groups excluding tert-OH is 2. The Morgan fingerprint density at radius 2 is 1.25 bits per heavy atom. The Morgan fingerprint density at radius 1 is 0.667 bits per heavy atom. The van der Waals surface area contributed by atoms with E-state index in [4.69, 9.17) is 24.1 Å². The van der Waals surface area contributed by atoms with Gasteiger partial charge in [-0.15, -0.1) is 0 Å². The lowest BCUT2D eigenvalue weighted by Gasteiger charge is -2.17. The van der Waals surface area contributed by atoms with Gasteiger partial charge >= 0.3 is 0 Å². The molecule has 2 N–H and O–H groups in total. The fourth-order valence-electron chi connectivity index (χ4n) is 5.29. The highest BCUT2D eigenvalue weighted by Gasteiger charge is 2.16. The average Bonchev–Trinajstić information content (AvgIpc) is 3.15. The molecule has 5 aromatic carbocycles. The maximum atomic E-state index is 13.1. The first-order valence-electron chi connectivity index (χ1n) is 15.9. The molecule has 1 atom stereocenters. The number of methoxy groups -OCH3 is 1. The zero-order valence-electron chi connectivity index (χ0n) is 27.2. The van der Waals surface area contributed by atoms with Crippen LogP contribution in [0, 0.1) is 0 Å². The monoisotopic (exact) mass is 644 g/mol. The molecule has 0 saturated heterocycles. The van der Waals surface area contributed by atoms with Gasteiger partial charge < -0.3 is 29.2 Å². The lowest BCUT2D eigenvalue weighted by atomic mass is 9.88. The van der Waals surface area contributed by atoms with Crippen LogP contribution >= 0.6 is 0 Å². The molecule has 0 aliphatic rings. The van der Waals surface area contributed by atoms with Gasteiger partial charge in [-0.05, 0) is 82.3 Å². The fourth-order valence-corrected chi connectivity index (χ4v) is 5.29. The molecule has 5 rings (SSSR count). The number of aliphatic hydroxyl groups is 2. The van der Waals surface area contributed by atoms with Crippen molar-refractivity contribution in [2.45, 2.75) is 26.1 Å². The van der Waals surface area contributed by atoms with Gasteiger partial charge in [-0.3, -0.25) is 4.79 Å². The number of ether oxygens (including phenoxy) is 4. The van der Waals surface area contributed by atoms with Gasteiger partial charge in [-0.1, -0.05) is 91.9 Å². The molecule has 246 valence electrons. The third-order valence-electron chi connectivity index (χ3n) is 7.81. The zero-order valence-corrected chi connectivity index (χ0v) is 27.2. The second-order valence-electron chi connectivity index (χ2n) is 11.1. The van der Waals surface area contributed by atoms with Crippen LogP contribution in [0.5, 0.6) is 23.0 Å². The molecule has 0 spiro atoms. The molecule has 0 radical (unpaired) electrons. The van der Waals surface area contributed by atoms with Crippen LogP contribution in [-0.4, -0.2) is 49.0 Å². The standard InChI is InChI=1S/C41H40O7/c1-3-37(30-12-8-5-9-13-30)41(31-14-19-35(20-15-31)46-27-34(43)25-42)32-16-21-36(22-17-32)47-28-38(44)33-18-23-39(40(24-33)45-2)48-26-29-10-6-4-7-11-29/h4-24,34,42-43H,3,25-28H2,1-2H3. The first kappa shape index (κ1) is 34.0. The molecule has 7 heteroatoms. The number of hydrogen-bond donors (Lipinski definition) is 2. The SMILES string of the molecule is CCC(=C(c1ccc(OCC(=O)c2ccc(OCc3ccccc3)c(OC)c2)cc1)c1ccc(OCC(O)CO)cc1)c1ccccc1. The number of carbonyl (C=O) groups excluding carboxylic acids is 1. The highest BCUT2D eigenvalue weighted by atomic mass is 16.5. The van der Waals surface area contributed by atoms with E-state index in [2.05, 4.69) is 19.1 Å².